The van der Waals surface area contributed by atoms with Crippen molar-refractivity contribution in [1.82, 2.24) is 5.32 Å². The van der Waals surface area contributed by atoms with E-state index in [0.29, 0.717) is 10.9 Å². The number of rotatable bonds is 4. The molecule has 1 unspecified atom stereocenters. The van der Waals surface area contributed by atoms with Gasteiger partial charge >= 0.3 is 0 Å². The van der Waals surface area contributed by atoms with Crippen molar-refractivity contribution < 1.29 is 4.79 Å². The van der Waals surface area contributed by atoms with Gasteiger partial charge in [0.05, 0.1) is 11.0 Å². The van der Waals surface area contributed by atoms with Gasteiger partial charge in [0.15, 0.2) is 0 Å². The molecule has 0 aliphatic heterocycles. The highest BCUT2D eigenvalue weighted by molar-refractivity contribution is 7.80. The summed E-state index contributed by atoms with van der Waals surface area (Å²) in [5.41, 5.74) is 5.19. The molecule has 0 aromatic rings. The van der Waals surface area contributed by atoms with Gasteiger partial charge in [-0.2, -0.15) is 0 Å². The molecule has 88 valence electrons. The molecule has 0 radical (unpaired) electrons. The minimum Gasteiger partial charge on any atom is -0.392 e. The summed E-state index contributed by atoms with van der Waals surface area (Å²) in [4.78, 5) is 12.1. The van der Waals surface area contributed by atoms with E-state index >= 15 is 0 Å². The lowest BCUT2D eigenvalue weighted by molar-refractivity contribution is -0.128. The lowest BCUT2D eigenvalue weighted by Crippen LogP contribution is -2.48. The van der Waals surface area contributed by atoms with Gasteiger partial charge in [-0.05, 0) is 12.3 Å². The van der Waals surface area contributed by atoms with Gasteiger partial charge in [-0.25, -0.2) is 0 Å². The molecule has 0 saturated heterocycles. The molecular weight excluding hydrogens is 208 g/mol. The third kappa shape index (κ3) is 5.72. The van der Waals surface area contributed by atoms with Crippen LogP contribution in [0.5, 0.6) is 0 Å². The predicted octanol–water partition coefficient (Wildman–Crippen LogP) is 1.85. The molecule has 3 N–H and O–H groups in total. The van der Waals surface area contributed by atoms with E-state index in [9.17, 15) is 4.79 Å². The first-order valence-corrected chi connectivity index (χ1v) is 5.65. The molecule has 0 aromatic heterocycles. The van der Waals surface area contributed by atoms with Gasteiger partial charge in [-0.3, -0.25) is 4.79 Å². The Morgan fingerprint density at radius 3 is 2.13 bits per heavy atom. The maximum Gasteiger partial charge on any atom is 0.225 e. The second kappa shape index (κ2) is 5.45. The fourth-order valence-electron chi connectivity index (χ4n) is 1.09. The first kappa shape index (κ1) is 14.4. The minimum atomic E-state index is -0.403. The molecule has 0 aromatic carbocycles. The first-order valence-electron chi connectivity index (χ1n) is 5.25. The minimum absolute atomic E-state index is 0.0130. The Morgan fingerprint density at radius 2 is 1.87 bits per heavy atom. The smallest absolute Gasteiger partial charge is 0.225 e. The van der Waals surface area contributed by atoms with E-state index in [0.717, 1.165) is 6.42 Å². The molecule has 1 atom stereocenters. The standard InChI is InChI=1S/C11H22N2OS/c1-7(2)6-8(9(12)15)13-10(14)11(3,4)5/h7-8H,6H2,1-5H3,(H2,12,15)(H,13,14). The van der Waals surface area contributed by atoms with Crippen molar-refractivity contribution >= 4 is 23.1 Å². The van der Waals surface area contributed by atoms with Crippen LogP contribution in [0.1, 0.15) is 41.0 Å². The molecule has 0 bridgehead atoms. The lowest BCUT2D eigenvalue weighted by atomic mass is 9.94. The number of thiocarbonyl (C=S) groups is 1. The van der Waals surface area contributed by atoms with Gasteiger partial charge in [-0.1, -0.05) is 46.8 Å². The van der Waals surface area contributed by atoms with Crippen molar-refractivity contribution in [2.75, 3.05) is 0 Å². The zero-order chi connectivity index (χ0) is 12.2. The zero-order valence-electron chi connectivity index (χ0n) is 10.3. The van der Waals surface area contributed by atoms with E-state index in [1.807, 2.05) is 20.8 Å². The molecule has 0 aliphatic rings. The van der Waals surface area contributed by atoms with E-state index in [2.05, 4.69) is 19.2 Å². The maximum absolute atomic E-state index is 11.7. The van der Waals surface area contributed by atoms with Crippen LogP contribution < -0.4 is 11.1 Å². The summed E-state index contributed by atoms with van der Waals surface area (Å²) in [7, 11) is 0. The average molecular weight is 230 g/mol. The Hall–Kier alpha value is -0.640. The fraction of sp³-hybridized carbons (Fsp3) is 0.818. The van der Waals surface area contributed by atoms with Crippen LogP contribution in [0.15, 0.2) is 0 Å². The summed E-state index contributed by atoms with van der Waals surface area (Å²) >= 11 is 4.94. The molecule has 0 saturated carbocycles. The molecule has 0 heterocycles. The number of amides is 1. The van der Waals surface area contributed by atoms with E-state index in [1.165, 1.54) is 0 Å². The highest BCUT2D eigenvalue weighted by Crippen LogP contribution is 2.14. The molecule has 3 nitrogen and oxygen atoms in total. The van der Waals surface area contributed by atoms with Crippen molar-refractivity contribution in [2.24, 2.45) is 17.1 Å². The second-order valence-electron chi connectivity index (χ2n) is 5.31. The van der Waals surface area contributed by atoms with Crippen LogP contribution >= 0.6 is 12.2 Å². The third-order valence-electron chi connectivity index (χ3n) is 2.04. The van der Waals surface area contributed by atoms with Crippen molar-refractivity contribution in [1.29, 1.82) is 0 Å². The monoisotopic (exact) mass is 230 g/mol. The van der Waals surface area contributed by atoms with Gasteiger partial charge < -0.3 is 11.1 Å². The largest absolute Gasteiger partial charge is 0.392 e. The van der Waals surface area contributed by atoms with E-state index < -0.39 is 5.41 Å². The van der Waals surface area contributed by atoms with Crippen molar-refractivity contribution in [3.05, 3.63) is 0 Å². The van der Waals surface area contributed by atoms with E-state index in [4.69, 9.17) is 18.0 Å². The molecule has 1 amide bonds. The highest BCUT2D eigenvalue weighted by Gasteiger charge is 2.25. The second-order valence-corrected chi connectivity index (χ2v) is 5.78. The highest BCUT2D eigenvalue weighted by atomic mass is 32.1. The number of nitrogens with one attached hydrogen (secondary N) is 1. The summed E-state index contributed by atoms with van der Waals surface area (Å²) in [6.07, 6.45) is 0.789. The lowest BCUT2D eigenvalue weighted by Gasteiger charge is -2.24. The Labute approximate surface area is 97.8 Å². The Balaban J connectivity index is 4.43. The number of hydrogen-bond acceptors (Lipinski definition) is 2. The van der Waals surface area contributed by atoms with Gasteiger partial charge in [-0.15, -0.1) is 0 Å². The van der Waals surface area contributed by atoms with E-state index in [-0.39, 0.29) is 11.9 Å². The SMILES string of the molecule is CC(C)CC(NC(=O)C(C)(C)C)C(N)=S. The van der Waals surface area contributed by atoms with Gasteiger partial charge in [0, 0.05) is 5.41 Å². The Bertz CT molecular complexity index is 243. The summed E-state index contributed by atoms with van der Waals surface area (Å²) in [5.74, 6) is 0.442. The number of nitrogens with two attached hydrogens (primary N) is 1. The molecule has 0 aliphatic carbocycles. The van der Waals surface area contributed by atoms with Gasteiger partial charge in [0.25, 0.3) is 0 Å². The normalized spacial score (nSPS) is 13.7. The third-order valence-corrected chi connectivity index (χ3v) is 2.32. The van der Waals surface area contributed by atoms with Crippen molar-refractivity contribution in [3.63, 3.8) is 0 Å². The topological polar surface area (TPSA) is 55.1 Å². The van der Waals surface area contributed by atoms with Gasteiger partial charge in [0.2, 0.25) is 5.91 Å². The van der Waals surface area contributed by atoms with Crippen LogP contribution in [-0.4, -0.2) is 16.9 Å². The van der Waals surface area contributed by atoms with Gasteiger partial charge in [0.1, 0.15) is 0 Å². The molecule has 0 fully saturated rings. The molecule has 0 rings (SSSR count). The summed E-state index contributed by atoms with van der Waals surface area (Å²) < 4.78 is 0. The summed E-state index contributed by atoms with van der Waals surface area (Å²) in [5, 5.41) is 2.88. The molecule has 15 heavy (non-hydrogen) atoms. The summed E-state index contributed by atoms with van der Waals surface area (Å²) in [6.45, 7) is 9.76. The quantitative estimate of drug-likeness (QED) is 0.725. The Kier molecular flexibility index (Phi) is 5.21. The maximum atomic E-state index is 11.7. The van der Waals surface area contributed by atoms with Crippen LogP contribution in [0, 0.1) is 11.3 Å². The number of hydrogen-bond donors (Lipinski definition) is 2. The summed E-state index contributed by atoms with van der Waals surface area (Å²) in [6, 6.07) is -0.188. The van der Waals surface area contributed by atoms with Crippen LogP contribution in [-0.2, 0) is 4.79 Å². The number of carbonyl (C=O) groups excluding carboxylic acids is 1. The van der Waals surface area contributed by atoms with Crippen LogP contribution in [0.25, 0.3) is 0 Å². The first-order chi connectivity index (χ1) is 6.64. The Morgan fingerprint density at radius 1 is 1.40 bits per heavy atom. The van der Waals surface area contributed by atoms with Crippen LogP contribution in [0.2, 0.25) is 0 Å². The predicted molar refractivity (Wildman–Crippen MR) is 67.6 cm³/mol. The molecular formula is C11H22N2OS. The molecule has 4 heteroatoms. The van der Waals surface area contributed by atoms with Crippen molar-refractivity contribution in [3.8, 4) is 0 Å². The van der Waals surface area contributed by atoms with Crippen LogP contribution in [0.3, 0.4) is 0 Å². The zero-order valence-corrected chi connectivity index (χ0v) is 11.1. The number of carbonyl (C=O) groups is 1. The van der Waals surface area contributed by atoms with E-state index in [1.54, 1.807) is 0 Å². The van der Waals surface area contributed by atoms with Crippen molar-refractivity contribution in [2.45, 2.75) is 47.1 Å². The molecule has 0 spiro atoms. The fourth-order valence-corrected chi connectivity index (χ4v) is 1.25. The average Bonchev–Trinajstić information content (AvgIpc) is 1.99. The van der Waals surface area contributed by atoms with Crippen LogP contribution in [0.4, 0.5) is 0 Å².